The summed E-state index contributed by atoms with van der Waals surface area (Å²) in [6, 6.07) is 31.7. The first-order valence-corrected chi connectivity index (χ1v) is 13.5. The topological polar surface area (TPSA) is 88.5 Å². The lowest BCUT2D eigenvalue weighted by atomic mass is 9.87. The minimum Gasteiger partial charge on any atom is -0.480 e. The van der Waals surface area contributed by atoms with Crippen LogP contribution in [0.3, 0.4) is 0 Å². The number of aromatic nitrogens is 1. The summed E-state index contributed by atoms with van der Waals surface area (Å²) in [5, 5.41) is 14.1. The van der Waals surface area contributed by atoms with E-state index in [9.17, 15) is 14.7 Å². The second-order valence-corrected chi connectivity index (χ2v) is 11.1. The summed E-state index contributed by atoms with van der Waals surface area (Å²) in [6.07, 6.45) is 1.75. The number of fused-ring (bicyclic) bond motifs is 1. The summed E-state index contributed by atoms with van der Waals surface area (Å²) in [7, 11) is 0. The third-order valence-electron chi connectivity index (χ3n) is 6.99. The number of benzene rings is 4. The van der Waals surface area contributed by atoms with E-state index in [1.165, 1.54) is 5.56 Å². The van der Waals surface area contributed by atoms with Gasteiger partial charge in [0.1, 0.15) is 23.2 Å². The maximum Gasteiger partial charge on any atom is 0.326 e. The minimum absolute atomic E-state index is 0.0537. The van der Waals surface area contributed by atoms with Gasteiger partial charge >= 0.3 is 5.97 Å². The molecule has 6 heteroatoms. The fourth-order valence-corrected chi connectivity index (χ4v) is 4.60. The highest BCUT2D eigenvalue weighted by atomic mass is 16.5. The Balaban J connectivity index is 1.28. The molecule has 0 bridgehead atoms. The highest BCUT2D eigenvalue weighted by Crippen LogP contribution is 2.29. The van der Waals surface area contributed by atoms with Gasteiger partial charge in [-0.3, -0.25) is 9.78 Å². The zero-order valence-electron chi connectivity index (χ0n) is 23.3. The van der Waals surface area contributed by atoms with Crippen LogP contribution in [0.2, 0.25) is 0 Å². The SMILES string of the molecule is CC(C)(C)c1ccc(Oc2ccc3cnc(C(=O)N[C@@H](Cc4ccc(-c5ccccc5)cc4)C(=O)O)cc3c2)cc1. The van der Waals surface area contributed by atoms with Gasteiger partial charge in [0.2, 0.25) is 0 Å². The largest absolute Gasteiger partial charge is 0.480 e. The Labute approximate surface area is 239 Å². The van der Waals surface area contributed by atoms with Crippen LogP contribution in [-0.4, -0.2) is 28.0 Å². The molecule has 206 valence electrons. The molecule has 0 saturated heterocycles. The van der Waals surface area contributed by atoms with Crippen molar-refractivity contribution in [2.45, 2.75) is 38.6 Å². The third kappa shape index (κ3) is 6.79. The molecule has 2 N–H and O–H groups in total. The van der Waals surface area contributed by atoms with Gasteiger partial charge in [0.25, 0.3) is 5.91 Å². The Morgan fingerprint density at radius 3 is 2.12 bits per heavy atom. The van der Waals surface area contributed by atoms with E-state index < -0.39 is 17.9 Å². The van der Waals surface area contributed by atoms with Crippen molar-refractivity contribution in [2.75, 3.05) is 0 Å². The predicted octanol–water partition coefficient (Wildman–Crippen LogP) is 7.42. The fraction of sp³-hybridized carbons (Fsp3) is 0.171. The number of hydrogen-bond acceptors (Lipinski definition) is 4. The van der Waals surface area contributed by atoms with Gasteiger partial charge in [-0.25, -0.2) is 4.79 Å². The Hall–Kier alpha value is -4.97. The summed E-state index contributed by atoms with van der Waals surface area (Å²) in [5.41, 5.74) is 4.33. The molecular weight excluding hydrogens is 512 g/mol. The zero-order chi connectivity index (χ0) is 29.0. The number of pyridine rings is 1. The predicted molar refractivity (Wildman–Crippen MR) is 161 cm³/mol. The van der Waals surface area contributed by atoms with E-state index in [4.69, 9.17) is 4.74 Å². The zero-order valence-corrected chi connectivity index (χ0v) is 23.3. The molecule has 1 aromatic heterocycles. The number of nitrogens with zero attached hydrogens (tertiary/aromatic N) is 1. The van der Waals surface area contributed by atoms with E-state index in [-0.39, 0.29) is 17.5 Å². The van der Waals surface area contributed by atoms with Crippen molar-refractivity contribution in [1.82, 2.24) is 10.3 Å². The van der Waals surface area contributed by atoms with Gasteiger partial charge < -0.3 is 15.2 Å². The normalized spacial score (nSPS) is 12.1. The van der Waals surface area contributed by atoms with Crippen LogP contribution in [0.15, 0.2) is 109 Å². The van der Waals surface area contributed by atoms with Crippen molar-refractivity contribution >= 4 is 22.6 Å². The molecule has 1 atom stereocenters. The minimum atomic E-state index is -1.11. The number of carboxylic acids is 1. The number of carbonyl (C=O) groups excluding carboxylic acids is 1. The molecule has 4 aromatic carbocycles. The lowest BCUT2D eigenvalue weighted by Crippen LogP contribution is -2.42. The Morgan fingerprint density at radius 2 is 1.46 bits per heavy atom. The van der Waals surface area contributed by atoms with Gasteiger partial charge in [-0.2, -0.15) is 0 Å². The summed E-state index contributed by atoms with van der Waals surface area (Å²) >= 11 is 0. The van der Waals surface area contributed by atoms with E-state index in [1.807, 2.05) is 84.9 Å². The molecule has 0 unspecified atom stereocenters. The van der Waals surface area contributed by atoms with Gasteiger partial charge in [-0.15, -0.1) is 0 Å². The maximum atomic E-state index is 13.1. The molecule has 6 nitrogen and oxygen atoms in total. The lowest BCUT2D eigenvalue weighted by molar-refractivity contribution is -0.139. The fourth-order valence-electron chi connectivity index (χ4n) is 4.60. The Kier molecular flexibility index (Phi) is 7.83. The van der Waals surface area contributed by atoms with Gasteiger partial charge in [0.05, 0.1) is 0 Å². The number of amides is 1. The van der Waals surface area contributed by atoms with Gasteiger partial charge in [-0.1, -0.05) is 87.5 Å². The van der Waals surface area contributed by atoms with Crippen LogP contribution in [0.1, 0.15) is 42.4 Å². The highest BCUT2D eigenvalue weighted by molar-refractivity contribution is 5.98. The smallest absolute Gasteiger partial charge is 0.326 e. The van der Waals surface area contributed by atoms with E-state index >= 15 is 0 Å². The van der Waals surface area contributed by atoms with Crippen LogP contribution in [0.25, 0.3) is 21.9 Å². The molecule has 0 radical (unpaired) electrons. The summed E-state index contributed by atoms with van der Waals surface area (Å²) < 4.78 is 6.05. The van der Waals surface area contributed by atoms with Crippen LogP contribution < -0.4 is 10.1 Å². The second kappa shape index (κ2) is 11.6. The van der Waals surface area contributed by atoms with Gasteiger partial charge in [0, 0.05) is 18.0 Å². The van der Waals surface area contributed by atoms with E-state index in [1.54, 1.807) is 12.3 Å². The van der Waals surface area contributed by atoms with E-state index in [2.05, 4.69) is 43.2 Å². The van der Waals surface area contributed by atoms with E-state index in [0.717, 1.165) is 27.5 Å². The molecular formula is C35H32N2O4. The molecule has 41 heavy (non-hydrogen) atoms. The summed E-state index contributed by atoms with van der Waals surface area (Å²) in [6.45, 7) is 6.49. The summed E-state index contributed by atoms with van der Waals surface area (Å²) in [5.74, 6) is -0.324. The number of aliphatic carboxylic acids is 1. The van der Waals surface area contributed by atoms with Crippen molar-refractivity contribution < 1.29 is 19.4 Å². The first-order valence-electron chi connectivity index (χ1n) is 13.5. The lowest BCUT2D eigenvalue weighted by Gasteiger charge is -2.19. The number of ether oxygens (including phenoxy) is 1. The Morgan fingerprint density at radius 1 is 0.805 bits per heavy atom. The van der Waals surface area contributed by atoms with Crippen molar-refractivity contribution in [3.63, 3.8) is 0 Å². The molecule has 5 aromatic rings. The van der Waals surface area contributed by atoms with Crippen LogP contribution in [-0.2, 0) is 16.6 Å². The molecule has 0 fully saturated rings. The summed E-state index contributed by atoms with van der Waals surface area (Å²) in [4.78, 5) is 29.3. The van der Waals surface area contributed by atoms with Gasteiger partial charge in [-0.05, 0) is 69.5 Å². The Bertz CT molecular complexity index is 1670. The van der Waals surface area contributed by atoms with Crippen LogP contribution in [0.4, 0.5) is 0 Å². The molecule has 0 aliphatic carbocycles. The average Bonchev–Trinajstić information content (AvgIpc) is 2.97. The first kappa shape index (κ1) is 27.6. The van der Waals surface area contributed by atoms with Crippen LogP contribution in [0, 0.1) is 0 Å². The van der Waals surface area contributed by atoms with Crippen molar-refractivity contribution in [1.29, 1.82) is 0 Å². The maximum absolute atomic E-state index is 13.1. The standard InChI is InChI=1S/C35H32N2O4/c1-35(2,3)28-14-17-29(18-15-28)41-30-16-13-26-22-36-31(21-27(26)20-30)33(38)37-32(34(39)40)19-23-9-11-25(12-10-23)24-7-5-4-6-8-24/h4-18,20-22,32H,19H2,1-3H3,(H,37,38)(H,39,40)/t32-/m0/s1. The van der Waals surface area contributed by atoms with Crippen molar-refractivity contribution in [3.8, 4) is 22.6 Å². The number of rotatable bonds is 8. The monoisotopic (exact) mass is 544 g/mol. The molecule has 0 aliphatic heterocycles. The molecule has 5 rings (SSSR count). The number of nitrogens with one attached hydrogen (secondary N) is 1. The van der Waals surface area contributed by atoms with Gasteiger partial charge in [0.15, 0.2) is 0 Å². The number of carbonyl (C=O) groups is 2. The molecule has 1 heterocycles. The first-order chi connectivity index (χ1) is 19.7. The van der Waals surface area contributed by atoms with Crippen LogP contribution in [0.5, 0.6) is 11.5 Å². The molecule has 0 saturated carbocycles. The quantitative estimate of drug-likeness (QED) is 0.212. The molecule has 0 spiro atoms. The third-order valence-corrected chi connectivity index (χ3v) is 6.99. The number of hydrogen-bond donors (Lipinski definition) is 2. The molecule has 0 aliphatic rings. The highest BCUT2D eigenvalue weighted by Gasteiger charge is 2.22. The van der Waals surface area contributed by atoms with Crippen molar-refractivity contribution in [2.24, 2.45) is 0 Å². The number of carboxylic acid groups (broad SMARTS) is 1. The van der Waals surface area contributed by atoms with Crippen molar-refractivity contribution in [3.05, 3.63) is 126 Å². The van der Waals surface area contributed by atoms with Crippen LogP contribution >= 0.6 is 0 Å². The second-order valence-electron chi connectivity index (χ2n) is 11.1. The molecule has 1 amide bonds. The van der Waals surface area contributed by atoms with E-state index in [0.29, 0.717) is 11.5 Å². The average molecular weight is 545 g/mol.